The predicted molar refractivity (Wildman–Crippen MR) is 103 cm³/mol. The highest BCUT2D eigenvalue weighted by atomic mass is 16.5. The lowest BCUT2D eigenvalue weighted by Gasteiger charge is -2.30. The van der Waals surface area contributed by atoms with Crippen LogP contribution in [0.3, 0.4) is 0 Å². The molecule has 2 aromatic rings. The van der Waals surface area contributed by atoms with E-state index in [1.807, 2.05) is 12.1 Å². The van der Waals surface area contributed by atoms with Gasteiger partial charge in [0.05, 0.1) is 14.2 Å². The number of amides is 2. The van der Waals surface area contributed by atoms with E-state index in [0.29, 0.717) is 36.2 Å². The summed E-state index contributed by atoms with van der Waals surface area (Å²) in [7, 11) is 3.21. The van der Waals surface area contributed by atoms with Gasteiger partial charge in [0.2, 0.25) is 11.8 Å². The summed E-state index contributed by atoms with van der Waals surface area (Å²) in [6, 6.07) is 5.58. The molecule has 0 unspecified atom stereocenters. The lowest BCUT2D eigenvalue weighted by Crippen LogP contribution is -2.39. The molecule has 0 bridgehead atoms. The van der Waals surface area contributed by atoms with Gasteiger partial charge >= 0.3 is 0 Å². The second-order valence-electron chi connectivity index (χ2n) is 6.76. The molecule has 1 aromatic carbocycles. The Bertz CT molecular complexity index is 877. The largest absolute Gasteiger partial charge is 0.493 e. The van der Waals surface area contributed by atoms with Gasteiger partial charge in [-0.05, 0) is 36.6 Å². The molecule has 8 heteroatoms. The van der Waals surface area contributed by atoms with Crippen LogP contribution in [-0.4, -0.2) is 49.2 Å². The van der Waals surface area contributed by atoms with Crippen molar-refractivity contribution in [3.63, 3.8) is 0 Å². The molecule has 0 fully saturated rings. The van der Waals surface area contributed by atoms with Gasteiger partial charge in [-0.3, -0.25) is 14.5 Å². The van der Waals surface area contributed by atoms with Crippen molar-refractivity contribution in [3.8, 4) is 11.5 Å². The number of aryl methyl sites for hydroxylation is 1. The highest BCUT2D eigenvalue weighted by Gasteiger charge is 2.24. The smallest absolute Gasteiger partial charge is 0.225 e. The fourth-order valence-corrected chi connectivity index (χ4v) is 3.38. The van der Waals surface area contributed by atoms with Crippen LogP contribution in [0, 0.1) is 6.92 Å². The topological polar surface area (TPSA) is 85.1 Å². The van der Waals surface area contributed by atoms with Gasteiger partial charge in [-0.2, -0.15) is 0 Å². The van der Waals surface area contributed by atoms with Crippen molar-refractivity contribution in [1.29, 1.82) is 0 Å². The zero-order valence-electron chi connectivity index (χ0n) is 16.7. The van der Waals surface area contributed by atoms with Gasteiger partial charge in [0.25, 0.3) is 0 Å². The number of carbonyl (C=O) groups excluding carboxylic acids is 2. The van der Waals surface area contributed by atoms with Gasteiger partial charge in [0.1, 0.15) is 5.76 Å². The van der Waals surface area contributed by atoms with Crippen molar-refractivity contribution in [2.75, 3.05) is 32.2 Å². The van der Waals surface area contributed by atoms with E-state index in [0.717, 1.165) is 17.5 Å². The number of hydrogen-bond acceptors (Lipinski definition) is 6. The Morgan fingerprint density at radius 3 is 2.43 bits per heavy atom. The van der Waals surface area contributed by atoms with Crippen LogP contribution in [0.2, 0.25) is 0 Å². The van der Waals surface area contributed by atoms with Crippen molar-refractivity contribution in [1.82, 2.24) is 10.1 Å². The number of methoxy groups -OCH3 is 2. The van der Waals surface area contributed by atoms with Crippen LogP contribution in [0.25, 0.3) is 0 Å². The molecule has 0 saturated carbocycles. The maximum absolute atomic E-state index is 12.7. The van der Waals surface area contributed by atoms with Crippen LogP contribution in [0.4, 0.5) is 5.82 Å². The second kappa shape index (κ2) is 8.33. The fraction of sp³-hybridized carbons (Fsp3) is 0.450. The third-order valence-corrected chi connectivity index (χ3v) is 4.89. The molecule has 0 radical (unpaired) electrons. The number of carbonyl (C=O) groups is 2. The lowest BCUT2D eigenvalue weighted by molar-refractivity contribution is -0.131. The summed E-state index contributed by atoms with van der Waals surface area (Å²) in [4.78, 5) is 27.9. The Morgan fingerprint density at radius 2 is 1.86 bits per heavy atom. The zero-order chi connectivity index (χ0) is 20.3. The van der Waals surface area contributed by atoms with Gasteiger partial charge in [0, 0.05) is 39.0 Å². The maximum atomic E-state index is 12.7. The molecule has 8 nitrogen and oxygen atoms in total. The van der Waals surface area contributed by atoms with Crippen molar-refractivity contribution in [2.24, 2.45) is 0 Å². The average molecular weight is 387 g/mol. The third kappa shape index (κ3) is 4.11. The van der Waals surface area contributed by atoms with Crippen LogP contribution in [0.1, 0.15) is 30.2 Å². The molecule has 1 aliphatic rings. The van der Waals surface area contributed by atoms with E-state index < -0.39 is 0 Å². The van der Waals surface area contributed by atoms with Gasteiger partial charge in [-0.25, -0.2) is 0 Å². The summed E-state index contributed by atoms with van der Waals surface area (Å²) >= 11 is 0. The molecule has 0 saturated heterocycles. The highest BCUT2D eigenvalue weighted by molar-refractivity contribution is 5.91. The summed E-state index contributed by atoms with van der Waals surface area (Å²) in [6.45, 7) is 4.61. The lowest BCUT2D eigenvalue weighted by atomic mass is 9.98. The SMILES string of the molecule is COc1cc2c(cc1OC)CN(C(=O)CCN(C(C)=O)c1cc(C)on1)CC2. The van der Waals surface area contributed by atoms with Crippen LogP contribution in [-0.2, 0) is 22.6 Å². The van der Waals surface area contributed by atoms with E-state index in [1.165, 1.54) is 11.8 Å². The highest BCUT2D eigenvalue weighted by Crippen LogP contribution is 2.33. The molecule has 0 aliphatic carbocycles. The molecular weight excluding hydrogens is 362 g/mol. The van der Waals surface area contributed by atoms with Crippen molar-refractivity contribution < 1.29 is 23.6 Å². The van der Waals surface area contributed by atoms with Crippen molar-refractivity contribution in [2.45, 2.75) is 33.2 Å². The first-order valence-corrected chi connectivity index (χ1v) is 9.16. The number of fused-ring (bicyclic) bond motifs is 1. The standard InChI is InChI=1S/C20H25N3O5/c1-13-9-19(21-28-13)23(14(2)24)8-6-20(25)22-7-5-15-10-17(26-3)18(27-4)11-16(15)12-22/h9-11H,5-8,12H2,1-4H3. The van der Waals surface area contributed by atoms with Crippen molar-refractivity contribution >= 4 is 17.6 Å². The first kappa shape index (κ1) is 19.7. The Morgan fingerprint density at radius 1 is 1.18 bits per heavy atom. The average Bonchev–Trinajstić information content (AvgIpc) is 3.11. The van der Waals surface area contributed by atoms with Gasteiger partial charge in [0.15, 0.2) is 17.3 Å². The van der Waals surface area contributed by atoms with Crippen LogP contribution in [0.15, 0.2) is 22.7 Å². The van der Waals surface area contributed by atoms with Crippen LogP contribution in [0.5, 0.6) is 11.5 Å². The van der Waals surface area contributed by atoms with Crippen LogP contribution < -0.4 is 14.4 Å². The second-order valence-corrected chi connectivity index (χ2v) is 6.76. The number of anilines is 1. The number of nitrogens with zero attached hydrogens (tertiary/aromatic N) is 3. The number of ether oxygens (including phenoxy) is 2. The van der Waals surface area contributed by atoms with E-state index in [1.54, 1.807) is 32.1 Å². The molecule has 1 aromatic heterocycles. The van der Waals surface area contributed by atoms with E-state index in [2.05, 4.69) is 5.16 Å². The summed E-state index contributed by atoms with van der Waals surface area (Å²) in [5.41, 5.74) is 2.21. The molecule has 2 amide bonds. The molecule has 0 spiro atoms. The Kier molecular flexibility index (Phi) is 5.87. The molecular formula is C20H25N3O5. The fourth-order valence-electron chi connectivity index (χ4n) is 3.38. The number of benzene rings is 1. The predicted octanol–water partition coefficient (Wildman–Crippen LogP) is 2.33. The van der Waals surface area contributed by atoms with Gasteiger partial charge in [-0.15, -0.1) is 0 Å². The molecule has 2 heterocycles. The quantitative estimate of drug-likeness (QED) is 0.756. The molecule has 0 N–H and O–H groups in total. The van der Waals surface area contributed by atoms with E-state index in [-0.39, 0.29) is 24.8 Å². The van der Waals surface area contributed by atoms with E-state index in [9.17, 15) is 9.59 Å². The number of hydrogen-bond donors (Lipinski definition) is 0. The van der Waals surface area contributed by atoms with E-state index >= 15 is 0 Å². The summed E-state index contributed by atoms with van der Waals surface area (Å²) < 4.78 is 15.8. The first-order chi connectivity index (χ1) is 13.4. The summed E-state index contributed by atoms with van der Waals surface area (Å²) in [6.07, 6.45) is 0.967. The minimum atomic E-state index is -0.179. The first-order valence-electron chi connectivity index (χ1n) is 9.16. The molecule has 3 rings (SSSR count). The molecule has 150 valence electrons. The summed E-state index contributed by atoms with van der Waals surface area (Å²) in [5, 5.41) is 3.87. The Labute approximate surface area is 164 Å². The third-order valence-electron chi connectivity index (χ3n) is 4.89. The summed E-state index contributed by atoms with van der Waals surface area (Å²) in [5.74, 6) is 2.21. The van der Waals surface area contributed by atoms with Gasteiger partial charge in [-0.1, -0.05) is 5.16 Å². The van der Waals surface area contributed by atoms with Crippen LogP contribution >= 0.6 is 0 Å². The zero-order valence-corrected chi connectivity index (χ0v) is 16.7. The number of aromatic nitrogens is 1. The van der Waals surface area contributed by atoms with E-state index in [4.69, 9.17) is 14.0 Å². The minimum absolute atomic E-state index is 0.00750. The molecule has 28 heavy (non-hydrogen) atoms. The molecule has 1 aliphatic heterocycles. The normalized spacial score (nSPS) is 13.1. The van der Waals surface area contributed by atoms with Crippen molar-refractivity contribution in [3.05, 3.63) is 35.1 Å². The minimum Gasteiger partial charge on any atom is -0.493 e. The maximum Gasteiger partial charge on any atom is 0.225 e. The Balaban J connectivity index is 1.66. The number of rotatable bonds is 6. The Hall–Kier alpha value is -3.03. The monoisotopic (exact) mass is 387 g/mol. The molecule has 0 atom stereocenters. The van der Waals surface area contributed by atoms with Gasteiger partial charge < -0.3 is 18.9 Å².